The summed E-state index contributed by atoms with van der Waals surface area (Å²) in [4.78, 5) is 0. The van der Waals surface area contributed by atoms with E-state index in [-0.39, 0.29) is 5.82 Å². The van der Waals surface area contributed by atoms with Crippen molar-refractivity contribution < 1.29 is 4.39 Å². The first-order valence-electron chi connectivity index (χ1n) is 5.08. The van der Waals surface area contributed by atoms with Crippen LogP contribution in [0.25, 0.3) is 0 Å². The van der Waals surface area contributed by atoms with Crippen LogP contribution in [0.5, 0.6) is 0 Å². The monoisotopic (exact) mass is 361 g/mol. The molecule has 2 rings (SSSR count). The highest BCUT2D eigenvalue weighted by molar-refractivity contribution is 14.1. The molecule has 0 aliphatic carbocycles. The van der Waals surface area contributed by atoms with Crippen LogP contribution in [0.2, 0.25) is 5.02 Å². The lowest BCUT2D eigenvalue weighted by Crippen LogP contribution is -1.99. The number of rotatable bonds is 3. The lowest BCUT2D eigenvalue weighted by atomic mass is 10.2. The Morgan fingerprint density at radius 2 is 1.82 bits per heavy atom. The fourth-order valence-corrected chi connectivity index (χ4v) is 2.09. The first kappa shape index (κ1) is 12.6. The van der Waals surface area contributed by atoms with Gasteiger partial charge in [0.2, 0.25) is 0 Å². The Morgan fingerprint density at radius 3 is 2.47 bits per heavy atom. The zero-order valence-corrected chi connectivity index (χ0v) is 11.8. The predicted octanol–water partition coefficient (Wildman–Crippen LogP) is 4.70. The van der Waals surface area contributed by atoms with Gasteiger partial charge < -0.3 is 5.32 Å². The minimum Gasteiger partial charge on any atom is -0.381 e. The van der Waals surface area contributed by atoms with Crippen LogP contribution < -0.4 is 5.32 Å². The third-order valence-electron chi connectivity index (χ3n) is 2.26. The molecule has 17 heavy (non-hydrogen) atoms. The van der Waals surface area contributed by atoms with Gasteiger partial charge in [-0.15, -0.1) is 0 Å². The van der Waals surface area contributed by atoms with Crippen molar-refractivity contribution in [2.45, 2.75) is 6.54 Å². The maximum Gasteiger partial charge on any atom is 0.125 e. The lowest BCUT2D eigenvalue weighted by Gasteiger charge is -2.07. The number of benzene rings is 2. The summed E-state index contributed by atoms with van der Waals surface area (Å²) in [6, 6.07) is 12.5. The van der Waals surface area contributed by atoms with Crippen molar-refractivity contribution in [3.63, 3.8) is 0 Å². The van der Waals surface area contributed by atoms with E-state index in [9.17, 15) is 4.39 Å². The van der Waals surface area contributed by atoms with Crippen LogP contribution in [0.15, 0.2) is 42.5 Å². The van der Waals surface area contributed by atoms with Gasteiger partial charge in [0.15, 0.2) is 0 Å². The molecule has 0 heterocycles. The van der Waals surface area contributed by atoms with Gasteiger partial charge in [0.25, 0.3) is 0 Å². The Labute approximate surface area is 118 Å². The normalized spacial score (nSPS) is 10.3. The van der Waals surface area contributed by atoms with Gasteiger partial charge in [0.05, 0.1) is 0 Å². The van der Waals surface area contributed by atoms with E-state index in [1.54, 1.807) is 6.07 Å². The third kappa shape index (κ3) is 3.85. The molecule has 0 aromatic heterocycles. The van der Waals surface area contributed by atoms with E-state index in [0.717, 1.165) is 11.3 Å². The summed E-state index contributed by atoms with van der Waals surface area (Å²) >= 11 is 8.03. The van der Waals surface area contributed by atoms with Crippen LogP contribution in [-0.4, -0.2) is 0 Å². The summed E-state index contributed by atoms with van der Waals surface area (Å²) in [6.07, 6.45) is 0. The SMILES string of the molecule is Fc1cc(Cl)cc(CNc2ccc(I)cc2)c1. The van der Waals surface area contributed by atoms with E-state index < -0.39 is 0 Å². The van der Waals surface area contributed by atoms with E-state index in [1.807, 2.05) is 24.3 Å². The van der Waals surface area contributed by atoms with Crippen molar-refractivity contribution in [3.8, 4) is 0 Å². The number of hydrogen-bond donors (Lipinski definition) is 1. The summed E-state index contributed by atoms with van der Waals surface area (Å²) in [7, 11) is 0. The van der Waals surface area contributed by atoms with Crippen LogP contribution in [0, 0.1) is 9.39 Å². The third-order valence-corrected chi connectivity index (χ3v) is 3.20. The molecule has 0 amide bonds. The second kappa shape index (κ2) is 5.69. The summed E-state index contributed by atoms with van der Waals surface area (Å²) in [5.41, 5.74) is 1.83. The molecule has 0 saturated carbocycles. The molecule has 88 valence electrons. The number of anilines is 1. The van der Waals surface area contributed by atoms with Crippen molar-refractivity contribution in [2.24, 2.45) is 0 Å². The fraction of sp³-hybridized carbons (Fsp3) is 0.0769. The van der Waals surface area contributed by atoms with Crippen LogP contribution >= 0.6 is 34.2 Å². The highest BCUT2D eigenvalue weighted by Crippen LogP contribution is 2.16. The van der Waals surface area contributed by atoms with Gasteiger partial charge in [-0.2, -0.15) is 0 Å². The molecular weight excluding hydrogens is 352 g/mol. The molecule has 0 spiro atoms. The Balaban J connectivity index is 2.04. The Morgan fingerprint density at radius 1 is 1.12 bits per heavy atom. The van der Waals surface area contributed by atoms with Crippen molar-refractivity contribution in [2.75, 3.05) is 5.32 Å². The molecule has 1 nitrogen and oxygen atoms in total. The van der Waals surface area contributed by atoms with Gasteiger partial charge >= 0.3 is 0 Å². The Bertz CT molecular complexity index is 493. The molecule has 0 saturated heterocycles. The maximum atomic E-state index is 13.1. The second-order valence-electron chi connectivity index (χ2n) is 3.64. The van der Waals surface area contributed by atoms with Gasteiger partial charge in [-0.05, 0) is 70.6 Å². The molecule has 0 bridgehead atoms. The largest absolute Gasteiger partial charge is 0.381 e. The lowest BCUT2D eigenvalue weighted by molar-refractivity contribution is 0.626. The average molecular weight is 362 g/mol. The summed E-state index contributed by atoms with van der Waals surface area (Å²) in [6.45, 7) is 0.554. The maximum absolute atomic E-state index is 13.1. The standard InChI is InChI=1S/C13H10ClFIN/c14-10-5-9(6-11(15)7-10)8-17-13-3-1-12(16)2-4-13/h1-7,17H,8H2. The molecule has 0 aliphatic rings. The van der Waals surface area contributed by atoms with Gasteiger partial charge in [-0.25, -0.2) is 4.39 Å². The van der Waals surface area contributed by atoms with Crippen LogP contribution in [0.3, 0.4) is 0 Å². The van der Waals surface area contributed by atoms with Gasteiger partial charge in [-0.3, -0.25) is 0 Å². The highest BCUT2D eigenvalue weighted by Gasteiger charge is 1.99. The summed E-state index contributed by atoms with van der Waals surface area (Å²) in [5, 5.41) is 3.63. The fourth-order valence-electron chi connectivity index (χ4n) is 1.48. The van der Waals surface area contributed by atoms with Crippen LogP contribution in [-0.2, 0) is 6.54 Å². The molecule has 0 atom stereocenters. The van der Waals surface area contributed by atoms with Crippen molar-refractivity contribution in [3.05, 3.63) is 62.4 Å². The Hall–Kier alpha value is -0.810. The summed E-state index contributed by atoms with van der Waals surface area (Å²) < 4.78 is 14.3. The van der Waals surface area contributed by atoms with Gasteiger partial charge in [-0.1, -0.05) is 11.6 Å². The molecule has 1 N–H and O–H groups in total. The molecule has 2 aromatic rings. The Kier molecular flexibility index (Phi) is 4.23. The zero-order chi connectivity index (χ0) is 12.3. The van der Waals surface area contributed by atoms with Crippen LogP contribution in [0.1, 0.15) is 5.56 Å². The molecule has 0 fully saturated rings. The van der Waals surface area contributed by atoms with Crippen molar-refractivity contribution in [1.82, 2.24) is 0 Å². The molecule has 4 heteroatoms. The smallest absolute Gasteiger partial charge is 0.125 e. The molecule has 0 unspecified atom stereocenters. The molecule has 0 radical (unpaired) electrons. The van der Waals surface area contributed by atoms with Crippen LogP contribution in [0.4, 0.5) is 10.1 Å². The number of nitrogens with one attached hydrogen (secondary N) is 1. The zero-order valence-electron chi connectivity index (χ0n) is 8.88. The average Bonchev–Trinajstić information content (AvgIpc) is 2.27. The van der Waals surface area contributed by atoms with Gasteiger partial charge in [0.1, 0.15) is 5.82 Å². The van der Waals surface area contributed by atoms with Crippen molar-refractivity contribution in [1.29, 1.82) is 0 Å². The van der Waals surface area contributed by atoms with E-state index in [1.165, 1.54) is 15.7 Å². The molecule has 0 aliphatic heterocycles. The minimum atomic E-state index is -0.308. The van der Waals surface area contributed by atoms with E-state index in [4.69, 9.17) is 11.6 Å². The van der Waals surface area contributed by atoms with E-state index >= 15 is 0 Å². The highest BCUT2D eigenvalue weighted by atomic mass is 127. The quantitative estimate of drug-likeness (QED) is 0.782. The molecular formula is C13H10ClFIN. The first-order valence-corrected chi connectivity index (χ1v) is 6.53. The topological polar surface area (TPSA) is 12.0 Å². The van der Waals surface area contributed by atoms with Crippen molar-refractivity contribution >= 4 is 39.9 Å². The first-order chi connectivity index (χ1) is 8.13. The molecule has 2 aromatic carbocycles. The summed E-state index contributed by atoms with van der Waals surface area (Å²) in [5.74, 6) is -0.308. The number of halogens is 3. The minimum absolute atomic E-state index is 0.308. The number of hydrogen-bond acceptors (Lipinski definition) is 1. The van der Waals surface area contributed by atoms with E-state index in [2.05, 4.69) is 27.9 Å². The predicted molar refractivity (Wildman–Crippen MR) is 77.9 cm³/mol. The van der Waals surface area contributed by atoms with E-state index in [0.29, 0.717) is 11.6 Å². The second-order valence-corrected chi connectivity index (χ2v) is 5.32. The van der Waals surface area contributed by atoms with Gasteiger partial charge in [0, 0.05) is 20.8 Å².